The number of hydrogen-bond acceptors (Lipinski definition) is 2. The zero-order valence-corrected chi connectivity index (χ0v) is 12.2. The number of rotatable bonds is 7. The first-order valence-electron chi connectivity index (χ1n) is 6.65. The van der Waals surface area contributed by atoms with E-state index < -0.39 is 42.5 Å². The highest BCUT2D eigenvalue weighted by Crippen LogP contribution is 2.24. The molecule has 0 aliphatic rings. The summed E-state index contributed by atoms with van der Waals surface area (Å²) in [6, 6.07) is -0.535. The van der Waals surface area contributed by atoms with Crippen LogP contribution in [0.25, 0.3) is 0 Å². The van der Waals surface area contributed by atoms with E-state index in [9.17, 15) is 22.8 Å². The van der Waals surface area contributed by atoms with Crippen LogP contribution in [0.2, 0.25) is 0 Å². The van der Waals surface area contributed by atoms with Gasteiger partial charge >= 0.3 is 12.1 Å². The maximum atomic E-state index is 12.6. The molecule has 0 saturated heterocycles. The smallest absolute Gasteiger partial charge is 0.406 e. The van der Waals surface area contributed by atoms with E-state index in [2.05, 4.69) is 0 Å². The van der Waals surface area contributed by atoms with Gasteiger partial charge in [-0.2, -0.15) is 13.2 Å². The second kappa shape index (κ2) is 7.50. The number of carbonyl (C=O) groups excluding carboxylic acids is 1. The zero-order valence-electron chi connectivity index (χ0n) is 12.2. The Morgan fingerprint density at radius 3 is 1.85 bits per heavy atom. The van der Waals surface area contributed by atoms with Gasteiger partial charge in [0.25, 0.3) is 0 Å². The monoisotopic (exact) mass is 297 g/mol. The van der Waals surface area contributed by atoms with Crippen molar-refractivity contribution in [2.45, 2.75) is 52.8 Å². The molecular formula is C13H22F3NO3. The molecule has 0 radical (unpaired) electrons. The molecule has 0 aromatic heterocycles. The SMILES string of the molecule is CCC(CC)N(CC(F)(F)F)C(=O)C(C)C(C)C(=O)O. The number of aliphatic carboxylic acids is 1. The number of carbonyl (C=O) groups is 2. The van der Waals surface area contributed by atoms with Gasteiger partial charge in [-0.3, -0.25) is 9.59 Å². The van der Waals surface area contributed by atoms with Gasteiger partial charge in [0.15, 0.2) is 0 Å². The minimum absolute atomic E-state index is 0.395. The van der Waals surface area contributed by atoms with E-state index in [0.717, 1.165) is 4.90 Å². The lowest BCUT2D eigenvalue weighted by Gasteiger charge is -2.34. The molecule has 0 spiro atoms. The Morgan fingerprint density at radius 2 is 1.55 bits per heavy atom. The van der Waals surface area contributed by atoms with Crippen LogP contribution in [0.3, 0.4) is 0 Å². The average molecular weight is 297 g/mol. The van der Waals surface area contributed by atoms with E-state index in [0.29, 0.717) is 12.8 Å². The van der Waals surface area contributed by atoms with Gasteiger partial charge < -0.3 is 10.0 Å². The summed E-state index contributed by atoms with van der Waals surface area (Å²) in [4.78, 5) is 23.8. The lowest BCUT2D eigenvalue weighted by atomic mass is 9.93. The van der Waals surface area contributed by atoms with Crippen molar-refractivity contribution in [3.8, 4) is 0 Å². The summed E-state index contributed by atoms with van der Waals surface area (Å²) in [6.45, 7) is 4.75. The van der Waals surface area contributed by atoms with Gasteiger partial charge in [0.2, 0.25) is 5.91 Å². The molecule has 0 bridgehead atoms. The molecule has 0 saturated carbocycles. The first-order chi connectivity index (χ1) is 9.05. The number of nitrogens with zero attached hydrogens (tertiary/aromatic N) is 1. The van der Waals surface area contributed by atoms with Crippen molar-refractivity contribution in [3.05, 3.63) is 0 Å². The first-order valence-corrected chi connectivity index (χ1v) is 6.65. The van der Waals surface area contributed by atoms with Gasteiger partial charge in [0.1, 0.15) is 6.54 Å². The predicted molar refractivity (Wildman–Crippen MR) is 68.1 cm³/mol. The maximum Gasteiger partial charge on any atom is 0.406 e. The first kappa shape index (κ1) is 18.7. The molecule has 4 nitrogen and oxygen atoms in total. The molecule has 0 aromatic rings. The second-order valence-corrected chi connectivity index (χ2v) is 4.97. The maximum absolute atomic E-state index is 12.6. The number of carboxylic acids is 1. The van der Waals surface area contributed by atoms with E-state index >= 15 is 0 Å². The van der Waals surface area contributed by atoms with Crippen LogP contribution in [-0.4, -0.2) is 40.6 Å². The molecular weight excluding hydrogens is 275 g/mol. The largest absolute Gasteiger partial charge is 0.481 e. The van der Waals surface area contributed by atoms with Crippen LogP contribution in [0.15, 0.2) is 0 Å². The summed E-state index contributed by atoms with van der Waals surface area (Å²) in [5.41, 5.74) is 0. The van der Waals surface area contributed by atoms with Crippen LogP contribution < -0.4 is 0 Å². The minimum atomic E-state index is -4.50. The Bertz CT molecular complexity index is 340. The van der Waals surface area contributed by atoms with Crippen LogP contribution in [0.1, 0.15) is 40.5 Å². The van der Waals surface area contributed by atoms with Crippen molar-refractivity contribution in [1.29, 1.82) is 0 Å². The van der Waals surface area contributed by atoms with E-state index in [-0.39, 0.29) is 0 Å². The van der Waals surface area contributed by atoms with Crippen molar-refractivity contribution in [3.63, 3.8) is 0 Å². The molecule has 0 aliphatic carbocycles. The van der Waals surface area contributed by atoms with Crippen molar-refractivity contribution >= 4 is 11.9 Å². The number of halogens is 3. The summed E-state index contributed by atoms with van der Waals surface area (Å²) < 4.78 is 37.8. The van der Waals surface area contributed by atoms with Gasteiger partial charge in [-0.15, -0.1) is 0 Å². The zero-order chi connectivity index (χ0) is 16.1. The average Bonchev–Trinajstić information content (AvgIpc) is 2.34. The van der Waals surface area contributed by atoms with Gasteiger partial charge in [-0.05, 0) is 12.8 Å². The fourth-order valence-corrected chi connectivity index (χ4v) is 2.00. The number of hydrogen-bond donors (Lipinski definition) is 1. The molecule has 20 heavy (non-hydrogen) atoms. The quantitative estimate of drug-likeness (QED) is 0.786. The van der Waals surface area contributed by atoms with E-state index in [1.165, 1.54) is 13.8 Å². The van der Waals surface area contributed by atoms with Crippen molar-refractivity contribution in [2.75, 3.05) is 6.54 Å². The van der Waals surface area contributed by atoms with Crippen LogP contribution in [0.5, 0.6) is 0 Å². The Labute approximate surface area is 116 Å². The highest BCUT2D eigenvalue weighted by molar-refractivity contribution is 5.84. The van der Waals surface area contributed by atoms with E-state index in [1.54, 1.807) is 13.8 Å². The van der Waals surface area contributed by atoms with E-state index in [1.807, 2.05) is 0 Å². The van der Waals surface area contributed by atoms with Gasteiger partial charge in [-0.25, -0.2) is 0 Å². The molecule has 2 atom stereocenters. The highest BCUT2D eigenvalue weighted by atomic mass is 19.4. The van der Waals surface area contributed by atoms with Crippen LogP contribution in [0.4, 0.5) is 13.2 Å². The summed E-state index contributed by atoms with van der Waals surface area (Å²) in [7, 11) is 0. The number of alkyl halides is 3. The molecule has 0 aromatic carbocycles. The van der Waals surface area contributed by atoms with Crippen LogP contribution in [-0.2, 0) is 9.59 Å². The van der Waals surface area contributed by atoms with Crippen molar-refractivity contribution in [1.82, 2.24) is 4.90 Å². The number of carboxylic acid groups (broad SMARTS) is 1. The molecule has 0 fully saturated rings. The molecule has 0 heterocycles. The lowest BCUT2D eigenvalue weighted by molar-refractivity contribution is -0.170. The Hall–Kier alpha value is -1.27. The summed E-state index contributed by atoms with van der Waals surface area (Å²) >= 11 is 0. The Morgan fingerprint density at radius 1 is 1.10 bits per heavy atom. The molecule has 1 N–H and O–H groups in total. The van der Waals surface area contributed by atoms with Crippen molar-refractivity contribution in [2.24, 2.45) is 11.8 Å². The topological polar surface area (TPSA) is 57.6 Å². The van der Waals surface area contributed by atoms with E-state index in [4.69, 9.17) is 5.11 Å². The third kappa shape index (κ3) is 5.38. The Kier molecular flexibility index (Phi) is 7.02. The minimum Gasteiger partial charge on any atom is -0.481 e. The predicted octanol–water partition coefficient (Wildman–Crippen LogP) is 2.92. The number of amides is 1. The second-order valence-electron chi connectivity index (χ2n) is 4.97. The third-order valence-electron chi connectivity index (χ3n) is 3.55. The molecule has 1 amide bonds. The molecule has 118 valence electrons. The fraction of sp³-hybridized carbons (Fsp3) is 0.846. The molecule has 0 rings (SSSR count). The summed E-state index contributed by atoms with van der Waals surface area (Å²) in [5.74, 6) is -3.96. The standard InChI is InChI=1S/C13H22F3NO3/c1-5-10(6-2)17(7-13(14,15)16)11(18)8(3)9(4)12(19)20/h8-10H,5-7H2,1-4H3,(H,19,20). The highest BCUT2D eigenvalue weighted by Gasteiger charge is 2.38. The van der Waals surface area contributed by atoms with Gasteiger partial charge in [-0.1, -0.05) is 27.7 Å². The molecule has 0 aliphatic heterocycles. The summed E-state index contributed by atoms with van der Waals surface area (Å²) in [6.07, 6.45) is -3.70. The normalized spacial score (nSPS) is 15.0. The van der Waals surface area contributed by atoms with Crippen LogP contribution in [0, 0.1) is 11.8 Å². The third-order valence-corrected chi connectivity index (χ3v) is 3.55. The van der Waals surface area contributed by atoms with Crippen LogP contribution >= 0.6 is 0 Å². The molecule has 7 heteroatoms. The van der Waals surface area contributed by atoms with Crippen molar-refractivity contribution < 1.29 is 27.9 Å². The van der Waals surface area contributed by atoms with Gasteiger partial charge in [0, 0.05) is 12.0 Å². The summed E-state index contributed by atoms with van der Waals surface area (Å²) in [5, 5.41) is 8.88. The van der Waals surface area contributed by atoms with Gasteiger partial charge in [0.05, 0.1) is 5.92 Å². The fourth-order valence-electron chi connectivity index (χ4n) is 2.00. The lowest BCUT2D eigenvalue weighted by Crippen LogP contribution is -2.49. The molecule has 2 unspecified atom stereocenters. The Balaban J connectivity index is 5.20.